The fourth-order valence-electron chi connectivity index (χ4n) is 1.26. The molecule has 0 saturated heterocycles. The van der Waals surface area contributed by atoms with E-state index in [4.69, 9.17) is 0 Å². The topological polar surface area (TPSA) is 37.3 Å². The van der Waals surface area contributed by atoms with Crippen LogP contribution in [0.25, 0.3) is 10.8 Å². The number of rotatable bonds is 0. The van der Waals surface area contributed by atoms with Gasteiger partial charge in [-0.1, -0.05) is 30.3 Å². The van der Waals surface area contributed by atoms with Crippen LogP contribution in [0, 0.1) is 0 Å². The average molecular weight is 172 g/mol. The molecule has 0 aromatic heterocycles. The molecule has 1 N–H and O–H groups in total. The Bertz CT molecular complexity index is 503. The maximum absolute atomic E-state index is 11.1. The third-order valence-corrected chi connectivity index (χ3v) is 1.95. The molecular formula is C11H8O2. The van der Waals surface area contributed by atoms with Crippen LogP contribution in [-0.2, 0) is 0 Å². The molecule has 0 radical (unpaired) electrons. The van der Waals surface area contributed by atoms with Gasteiger partial charge in [0, 0.05) is 0 Å². The molecule has 2 aromatic rings. The normalized spacial score (nSPS) is 10.2. The molecule has 0 aliphatic rings. The molecule has 2 nitrogen and oxygen atoms in total. The van der Waals surface area contributed by atoms with E-state index in [0.29, 0.717) is 0 Å². The van der Waals surface area contributed by atoms with Gasteiger partial charge in [0.05, 0.1) is 0 Å². The van der Waals surface area contributed by atoms with Crippen molar-refractivity contribution in [3.05, 3.63) is 52.7 Å². The first-order valence-corrected chi connectivity index (χ1v) is 3.99. The highest BCUT2D eigenvalue weighted by Crippen LogP contribution is 2.13. The zero-order chi connectivity index (χ0) is 9.26. The summed E-state index contributed by atoms with van der Waals surface area (Å²) in [6.07, 6.45) is 0. The van der Waals surface area contributed by atoms with E-state index < -0.39 is 0 Å². The second kappa shape index (κ2) is 2.90. The summed E-state index contributed by atoms with van der Waals surface area (Å²) in [4.78, 5) is 11.1. The fourth-order valence-corrected chi connectivity index (χ4v) is 1.26. The number of fused-ring (bicyclic) bond motifs is 1. The van der Waals surface area contributed by atoms with Crippen LogP contribution in [-0.4, -0.2) is 5.11 Å². The van der Waals surface area contributed by atoms with Gasteiger partial charge in [-0.15, -0.1) is 0 Å². The Hall–Kier alpha value is -1.83. The largest absolute Gasteiger partial charge is 0.504 e. The summed E-state index contributed by atoms with van der Waals surface area (Å²) in [5.41, 5.74) is -0.351. The molecule has 0 heterocycles. The number of benzene rings is 1. The van der Waals surface area contributed by atoms with Crippen LogP contribution in [0.5, 0.6) is 5.75 Å². The molecule has 13 heavy (non-hydrogen) atoms. The van der Waals surface area contributed by atoms with Gasteiger partial charge in [-0.3, -0.25) is 4.79 Å². The Morgan fingerprint density at radius 1 is 0.923 bits per heavy atom. The first-order chi connectivity index (χ1) is 6.27. The van der Waals surface area contributed by atoms with Crippen molar-refractivity contribution >= 4 is 10.8 Å². The van der Waals surface area contributed by atoms with E-state index in [2.05, 4.69) is 0 Å². The fraction of sp³-hybridized carbons (Fsp3) is 0. The highest BCUT2D eigenvalue weighted by atomic mass is 16.3. The standard InChI is InChI=1S/C11H8O2/c12-10-6-5-8-3-1-2-4-9(8)7-11(10)13/h1-7H,(H,12,13). The lowest BCUT2D eigenvalue weighted by Crippen LogP contribution is -1.91. The molecule has 0 aliphatic carbocycles. The molecule has 0 spiro atoms. The molecule has 0 atom stereocenters. The summed E-state index contributed by atoms with van der Waals surface area (Å²) < 4.78 is 0. The van der Waals surface area contributed by atoms with Crippen molar-refractivity contribution in [2.24, 2.45) is 0 Å². The Balaban J connectivity index is 2.97. The molecule has 0 amide bonds. The number of hydrogen-bond acceptors (Lipinski definition) is 2. The van der Waals surface area contributed by atoms with Crippen LogP contribution in [0.1, 0.15) is 0 Å². The molecule has 0 fully saturated rings. The highest BCUT2D eigenvalue weighted by molar-refractivity contribution is 5.82. The predicted octanol–water partition coefficient (Wildman–Crippen LogP) is 1.91. The molecule has 0 bridgehead atoms. The highest BCUT2D eigenvalue weighted by Gasteiger charge is 1.94. The minimum Gasteiger partial charge on any atom is -0.504 e. The quantitative estimate of drug-likeness (QED) is 0.659. The molecule has 2 heteroatoms. The monoisotopic (exact) mass is 172 g/mol. The van der Waals surface area contributed by atoms with E-state index in [1.54, 1.807) is 6.07 Å². The number of aromatic hydroxyl groups is 1. The summed E-state index contributed by atoms with van der Waals surface area (Å²) in [6, 6.07) is 12.1. The summed E-state index contributed by atoms with van der Waals surface area (Å²) in [5.74, 6) is -0.207. The van der Waals surface area contributed by atoms with Crippen LogP contribution < -0.4 is 5.43 Å². The maximum atomic E-state index is 11.1. The zero-order valence-corrected chi connectivity index (χ0v) is 6.90. The molecule has 64 valence electrons. The zero-order valence-electron chi connectivity index (χ0n) is 6.90. The minimum absolute atomic E-state index is 0.207. The van der Waals surface area contributed by atoms with E-state index in [1.807, 2.05) is 24.3 Å². The molecular weight excluding hydrogens is 164 g/mol. The van der Waals surface area contributed by atoms with E-state index in [1.165, 1.54) is 12.1 Å². The van der Waals surface area contributed by atoms with Crippen LogP contribution >= 0.6 is 0 Å². The van der Waals surface area contributed by atoms with Gasteiger partial charge >= 0.3 is 0 Å². The number of hydrogen-bond donors (Lipinski definition) is 1. The minimum atomic E-state index is -0.351. The first kappa shape index (κ1) is 7.80. The third kappa shape index (κ3) is 1.38. The van der Waals surface area contributed by atoms with Gasteiger partial charge in [0.15, 0.2) is 5.75 Å². The van der Waals surface area contributed by atoms with Crippen molar-refractivity contribution in [3.8, 4) is 5.75 Å². The Morgan fingerprint density at radius 2 is 1.62 bits per heavy atom. The Kier molecular flexibility index (Phi) is 1.74. The van der Waals surface area contributed by atoms with Gasteiger partial charge < -0.3 is 5.11 Å². The Morgan fingerprint density at radius 3 is 2.38 bits per heavy atom. The van der Waals surface area contributed by atoms with Gasteiger partial charge in [-0.05, 0) is 22.9 Å². The molecule has 0 saturated carbocycles. The van der Waals surface area contributed by atoms with E-state index in [9.17, 15) is 9.90 Å². The average Bonchev–Trinajstić information content (AvgIpc) is 2.28. The van der Waals surface area contributed by atoms with Crippen LogP contribution in [0.15, 0.2) is 47.3 Å². The molecule has 0 aliphatic heterocycles. The summed E-state index contributed by atoms with van der Waals surface area (Å²) in [6.45, 7) is 0. The van der Waals surface area contributed by atoms with Gasteiger partial charge in [-0.2, -0.15) is 0 Å². The van der Waals surface area contributed by atoms with E-state index in [0.717, 1.165) is 10.8 Å². The van der Waals surface area contributed by atoms with Crippen LogP contribution in [0.3, 0.4) is 0 Å². The van der Waals surface area contributed by atoms with E-state index >= 15 is 0 Å². The Labute approximate surface area is 75.1 Å². The maximum Gasteiger partial charge on any atom is 0.220 e. The van der Waals surface area contributed by atoms with Crippen molar-refractivity contribution in [2.45, 2.75) is 0 Å². The lowest BCUT2D eigenvalue weighted by molar-refractivity contribution is 0.471. The predicted molar refractivity (Wildman–Crippen MR) is 51.9 cm³/mol. The van der Waals surface area contributed by atoms with E-state index in [-0.39, 0.29) is 11.2 Å². The van der Waals surface area contributed by atoms with Crippen LogP contribution in [0.2, 0.25) is 0 Å². The lowest BCUT2D eigenvalue weighted by Gasteiger charge is -1.88. The molecule has 2 aromatic carbocycles. The van der Waals surface area contributed by atoms with Crippen molar-refractivity contribution in [2.75, 3.05) is 0 Å². The third-order valence-electron chi connectivity index (χ3n) is 1.95. The lowest BCUT2D eigenvalue weighted by atomic mass is 10.2. The second-order valence-electron chi connectivity index (χ2n) is 2.86. The van der Waals surface area contributed by atoms with Gasteiger partial charge in [0.2, 0.25) is 5.43 Å². The van der Waals surface area contributed by atoms with Gasteiger partial charge in [0.25, 0.3) is 0 Å². The summed E-state index contributed by atoms with van der Waals surface area (Å²) in [5, 5.41) is 11.1. The summed E-state index contributed by atoms with van der Waals surface area (Å²) >= 11 is 0. The smallest absolute Gasteiger partial charge is 0.220 e. The first-order valence-electron chi connectivity index (χ1n) is 3.99. The van der Waals surface area contributed by atoms with Gasteiger partial charge in [-0.25, -0.2) is 0 Å². The summed E-state index contributed by atoms with van der Waals surface area (Å²) in [7, 11) is 0. The van der Waals surface area contributed by atoms with Crippen molar-refractivity contribution in [1.82, 2.24) is 0 Å². The van der Waals surface area contributed by atoms with Gasteiger partial charge in [0.1, 0.15) is 0 Å². The second-order valence-corrected chi connectivity index (χ2v) is 2.86. The molecule has 2 rings (SSSR count). The molecule has 0 unspecified atom stereocenters. The van der Waals surface area contributed by atoms with Crippen molar-refractivity contribution in [3.63, 3.8) is 0 Å². The van der Waals surface area contributed by atoms with Crippen molar-refractivity contribution < 1.29 is 5.11 Å². The van der Waals surface area contributed by atoms with Crippen LogP contribution in [0.4, 0.5) is 0 Å². The van der Waals surface area contributed by atoms with Crippen molar-refractivity contribution in [1.29, 1.82) is 0 Å². The SMILES string of the molecule is O=c1ccc2ccccc2cc1O.